The summed E-state index contributed by atoms with van der Waals surface area (Å²) >= 11 is 0. The van der Waals surface area contributed by atoms with Crippen LogP contribution in [0.3, 0.4) is 0 Å². The molecule has 1 aromatic carbocycles. The first kappa shape index (κ1) is 15.0. The third-order valence-corrected chi connectivity index (χ3v) is 5.15. The summed E-state index contributed by atoms with van der Waals surface area (Å²) in [6.45, 7) is 9.34. The molecule has 1 amide bonds. The lowest BCUT2D eigenvalue weighted by Gasteiger charge is -2.08. The molecule has 0 saturated heterocycles. The van der Waals surface area contributed by atoms with Gasteiger partial charge < -0.3 is 11.1 Å². The smallest absolute Gasteiger partial charge is 0.228 e. The van der Waals surface area contributed by atoms with Gasteiger partial charge in [-0.05, 0) is 47.9 Å². The molecule has 0 atom stereocenters. The van der Waals surface area contributed by atoms with E-state index in [4.69, 9.17) is 5.73 Å². The predicted octanol–water partition coefficient (Wildman–Crippen LogP) is 3.20. The number of rotatable bonds is 5. The molecule has 0 bridgehead atoms. The highest BCUT2D eigenvalue weighted by atomic mass is 16.2. The fourth-order valence-electron chi connectivity index (χ4n) is 3.18. The van der Waals surface area contributed by atoms with Crippen LogP contribution in [0.15, 0.2) is 24.3 Å². The summed E-state index contributed by atoms with van der Waals surface area (Å²) in [5.74, 6) is 0.221. The van der Waals surface area contributed by atoms with Crippen molar-refractivity contribution in [2.75, 3.05) is 11.9 Å². The molecule has 20 heavy (non-hydrogen) atoms. The summed E-state index contributed by atoms with van der Waals surface area (Å²) in [5.41, 5.74) is 7.80. The van der Waals surface area contributed by atoms with Gasteiger partial charge in [0.15, 0.2) is 0 Å². The van der Waals surface area contributed by atoms with Crippen LogP contribution in [0.2, 0.25) is 0 Å². The number of aryl methyl sites for hydroxylation is 1. The zero-order chi connectivity index (χ0) is 15.0. The summed E-state index contributed by atoms with van der Waals surface area (Å²) < 4.78 is 0. The van der Waals surface area contributed by atoms with Crippen molar-refractivity contribution in [1.82, 2.24) is 0 Å². The first-order valence-corrected chi connectivity index (χ1v) is 7.40. The van der Waals surface area contributed by atoms with Gasteiger partial charge in [0, 0.05) is 11.6 Å². The van der Waals surface area contributed by atoms with Crippen LogP contribution in [-0.4, -0.2) is 12.5 Å². The molecule has 0 aliphatic heterocycles. The average Bonchev–Trinajstić information content (AvgIpc) is 2.77. The largest absolute Gasteiger partial charge is 0.330 e. The van der Waals surface area contributed by atoms with Gasteiger partial charge in [0.1, 0.15) is 0 Å². The lowest BCUT2D eigenvalue weighted by atomic mass is 10.0. The van der Waals surface area contributed by atoms with Crippen molar-refractivity contribution in [1.29, 1.82) is 0 Å². The molecule has 0 heterocycles. The normalized spacial score (nSPS) is 19.6. The van der Waals surface area contributed by atoms with Crippen LogP contribution in [0, 0.1) is 16.7 Å². The van der Waals surface area contributed by atoms with E-state index in [0.29, 0.717) is 6.54 Å². The number of nitrogens with one attached hydrogen (secondary N) is 1. The van der Waals surface area contributed by atoms with Gasteiger partial charge in [-0.15, -0.1) is 0 Å². The van der Waals surface area contributed by atoms with Crippen molar-refractivity contribution in [2.45, 2.75) is 40.5 Å². The fourth-order valence-corrected chi connectivity index (χ4v) is 3.18. The lowest BCUT2D eigenvalue weighted by molar-refractivity contribution is -0.118. The highest BCUT2D eigenvalue weighted by molar-refractivity contribution is 5.96. The van der Waals surface area contributed by atoms with Gasteiger partial charge in [-0.2, -0.15) is 0 Å². The first-order valence-electron chi connectivity index (χ1n) is 7.40. The van der Waals surface area contributed by atoms with E-state index < -0.39 is 0 Å². The Balaban J connectivity index is 2.02. The lowest BCUT2D eigenvalue weighted by Crippen LogP contribution is -2.17. The molecular formula is C17H26N2O. The van der Waals surface area contributed by atoms with Crippen LogP contribution in [0.5, 0.6) is 0 Å². The average molecular weight is 274 g/mol. The Hall–Kier alpha value is -1.35. The molecule has 0 spiro atoms. The van der Waals surface area contributed by atoms with E-state index in [1.165, 1.54) is 5.56 Å². The first-order chi connectivity index (χ1) is 9.30. The van der Waals surface area contributed by atoms with E-state index in [1.54, 1.807) is 0 Å². The standard InChI is InChI=1S/C17H26N2O/c1-16(2)14(17(16,3)4)15(20)19-13-9-5-7-12(11-13)8-6-10-18/h5,7,9,11,14H,6,8,10,18H2,1-4H3,(H,19,20). The van der Waals surface area contributed by atoms with Gasteiger partial charge in [-0.3, -0.25) is 4.79 Å². The second-order valence-electron chi connectivity index (χ2n) is 6.96. The predicted molar refractivity (Wildman–Crippen MR) is 83.5 cm³/mol. The number of hydrogen-bond acceptors (Lipinski definition) is 2. The Morgan fingerprint density at radius 2 is 1.90 bits per heavy atom. The highest BCUT2D eigenvalue weighted by Crippen LogP contribution is 2.68. The molecule has 0 radical (unpaired) electrons. The zero-order valence-corrected chi connectivity index (χ0v) is 13.0. The molecule has 2 rings (SSSR count). The minimum Gasteiger partial charge on any atom is -0.330 e. The number of nitrogens with two attached hydrogens (primary N) is 1. The minimum atomic E-state index is 0.0776. The van der Waals surface area contributed by atoms with E-state index in [2.05, 4.69) is 45.1 Å². The highest BCUT2D eigenvalue weighted by Gasteiger charge is 2.68. The maximum absolute atomic E-state index is 12.4. The van der Waals surface area contributed by atoms with Crippen molar-refractivity contribution >= 4 is 11.6 Å². The molecular weight excluding hydrogens is 248 g/mol. The van der Waals surface area contributed by atoms with Crippen molar-refractivity contribution < 1.29 is 4.79 Å². The van der Waals surface area contributed by atoms with E-state index >= 15 is 0 Å². The molecule has 3 heteroatoms. The van der Waals surface area contributed by atoms with Crippen molar-refractivity contribution in [2.24, 2.45) is 22.5 Å². The summed E-state index contributed by atoms with van der Waals surface area (Å²) in [7, 11) is 0. The van der Waals surface area contributed by atoms with Crippen LogP contribution >= 0.6 is 0 Å². The number of hydrogen-bond donors (Lipinski definition) is 2. The summed E-state index contributed by atoms with van der Waals surface area (Å²) in [4.78, 5) is 12.4. The molecule has 3 nitrogen and oxygen atoms in total. The molecule has 110 valence electrons. The Bertz CT molecular complexity index is 491. The molecule has 0 aromatic heterocycles. The minimum absolute atomic E-state index is 0.0776. The maximum Gasteiger partial charge on any atom is 0.228 e. The van der Waals surface area contributed by atoms with Crippen molar-refractivity contribution in [3.8, 4) is 0 Å². The second-order valence-corrected chi connectivity index (χ2v) is 6.96. The van der Waals surface area contributed by atoms with Gasteiger partial charge in [0.25, 0.3) is 0 Å². The number of carbonyl (C=O) groups excluding carboxylic acids is 1. The topological polar surface area (TPSA) is 55.1 Å². The number of anilines is 1. The number of benzene rings is 1. The summed E-state index contributed by atoms with van der Waals surface area (Å²) in [5, 5.41) is 3.06. The molecule has 3 N–H and O–H groups in total. The Morgan fingerprint density at radius 3 is 2.45 bits per heavy atom. The van der Waals surface area contributed by atoms with Gasteiger partial charge in [-0.25, -0.2) is 0 Å². The van der Waals surface area contributed by atoms with E-state index in [9.17, 15) is 4.79 Å². The van der Waals surface area contributed by atoms with Crippen LogP contribution in [0.4, 0.5) is 5.69 Å². The second kappa shape index (κ2) is 5.21. The van der Waals surface area contributed by atoms with Crippen LogP contribution in [0.25, 0.3) is 0 Å². The molecule has 0 unspecified atom stereocenters. The molecule has 1 saturated carbocycles. The van der Waals surface area contributed by atoms with Gasteiger partial charge in [0.05, 0.1) is 0 Å². The SMILES string of the molecule is CC1(C)C(C(=O)Nc2cccc(CCCN)c2)C1(C)C. The molecule has 1 fully saturated rings. The van der Waals surface area contributed by atoms with Crippen LogP contribution < -0.4 is 11.1 Å². The quantitative estimate of drug-likeness (QED) is 0.866. The van der Waals surface area contributed by atoms with E-state index in [-0.39, 0.29) is 22.7 Å². The van der Waals surface area contributed by atoms with Crippen molar-refractivity contribution in [3.63, 3.8) is 0 Å². The maximum atomic E-state index is 12.4. The summed E-state index contributed by atoms with van der Waals surface area (Å²) in [6, 6.07) is 8.07. The van der Waals surface area contributed by atoms with Gasteiger partial charge in [0.2, 0.25) is 5.91 Å². The Kier molecular flexibility index (Phi) is 3.92. The fraction of sp³-hybridized carbons (Fsp3) is 0.588. The number of amides is 1. The molecule has 1 aliphatic rings. The van der Waals surface area contributed by atoms with Crippen molar-refractivity contribution in [3.05, 3.63) is 29.8 Å². The Morgan fingerprint density at radius 1 is 1.25 bits per heavy atom. The third-order valence-electron chi connectivity index (χ3n) is 5.15. The zero-order valence-electron chi connectivity index (χ0n) is 13.0. The third kappa shape index (κ3) is 2.59. The van der Waals surface area contributed by atoms with E-state index in [1.807, 2.05) is 12.1 Å². The molecule has 1 aliphatic carbocycles. The number of carbonyl (C=O) groups is 1. The van der Waals surface area contributed by atoms with Gasteiger partial charge >= 0.3 is 0 Å². The monoisotopic (exact) mass is 274 g/mol. The summed E-state index contributed by atoms with van der Waals surface area (Å²) in [6.07, 6.45) is 1.93. The van der Waals surface area contributed by atoms with Crippen LogP contribution in [0.1, 0.15) is 39.7 Å². The Labute approximate surface area is 121 Å². The van der Waals surface area contributed by atoms with Gasteiger partial charge in [-0.1, -0.05) is 39.8 Å². The van der Waals surface area contributed by atoms with Crippen LogP contribution in [-0.2, 0) is 11.2 Å². The van der Waals surface area contributed by atoms with E-state index in [0.717, 1.165) is 18.5 Å². The molecule has 1 aromatic rings.